The predicted molar refractivity (Wildman–Crippen MR) is 60.4 cm³/mol. The van der Waals surface area contributed by atoms with E-state index in [4.69, 9.17) is 0 Å². The maximum Gasteiger partial charge on any atom is 0.435 e. The topological polar surface area (TPSA) is 46.9 Å². The summed E-state index contributed by atoms with van der Waals surface area (Å²) < 4.78 is 39.8. The first kappa shape index (κ1) is 14.5. The van der Waals surface area contributed by atoms with Crippen molar-refractivity contribution in [1.82, 2.24) is 15.1 Å². The van der Waals surface area contributed by atoms with E-state index in [1.165, 1.54) is 11.6 Å². The Morgan fingerprint density at radius 2 is 2.00 bits per heavy atom. The Kier molecular flexibility index (Phi) is 4.03. The van der Waals surface area contributed by atoms with Crippen LogP contribution in [0.4, 0.5) is 13.2 Å². The van der Waals surface area contributed by atoms with Crippen molar-refractivity contribution in [1.29, 1.82) is 0 Å². The second-order valence-electron chi connectivity index (χ2n) is 4.20. The van der Waals surface area contributed by atoms with E-state index in [0.717, 1.165) is 0 Å². The van der Waals surface area contributed by atoms with E-state index in [0.29, 0.717) is 0 Å². The molecule has 1 aromatic heterocycles. The Morgan fingerprint density at radius 3 is 2.39 bits per heavy atom. The molecule has 1 N–H and O–H groups in total. The number of halogens is 3. The number of hydrogen-bond acceptors (Lipinski definition) is 2. The summed E-state index contributed by atoms with van der Waals surface area (Å²) in [5.74, 6) is -0.741. The van der Waals surface area contributed by atoms with Crippen molar-refractivity contribution in [3.8, 4) is 0 Å². The van der Waals surface area contributed by atoms with Gasteiger partial charge in [-0.25, -0.2) is 0 Å². The van der Waals surface area contributed by atoms with Gasteiger partial charge in [-0.1, -0.05) is 0 Å². The molecule has 18 heavy (non-hydrogen) atoms. The minimum Gasteiger partial charge on any atom is -0.352 e. The highest BCUT2D eigenvalue weighted by atomic mass is 19.4. The van der Waals surface area contributed by atoms with E-state index in [9.17, 15) is 18.0 Å². The molecule has 0 atom stereocenters. The molecule has 102 valence electrons. The molecule has 1 heterocycles. The average Bonchev–Trinajstić information content (AvgIpc) is 2.55. The molecule has 7 heteroatoms. The van der Waals surface area contributed by atoms with Crippen LogP contribution in [-0.4, -0.2) is 22.2 Å². The van der Waals surface area contributed by atoms with Crippen LogP contribution in [0.5, 0.6) is 0 Å². The Morgan fingerprint density at radius 1 is 1.44 bits per heavy atom. The van der Waals surface area contributed by atoms with Gasteiger partial charge in [0.1, 0.15) is 0 Å². The van der Waals surface area contributed by atoms with Crippen molar-refractivity contribution in [2.45, 2.75) is 39.9 Å². The number of amides is 1. The second-order valence-corrected chi connectivity index (χ2v) is 4.20. The zero-order valence-corrected chi connectivity index (χ0v) is 10.7. The van der Waals surface area contributed by atoms with Crippen LogP contribution in [0.3, 0.4) is 0 Å². The Labute approximate surface area is 103 Å². The van der Waals surface area contributed by atoms with E-state index in [2.05, 4.69) is 10.4 Å². The van der Waals surface area contributed by atoms with Crippen LogP contribution in [-0.2, 0) is 6.18 Å². The summed E-state index contributed by atoms with van der Waals surface area (Å²) in [6.07, 6.45) is -4.63. The number of carbonyl (C=O) groups excluding carboxylic acids is 1. The van der Waals surface area contributed by atoms with Crippen LogP contribution in [0.15, 0.2) is 0 Å². The molecule has 0 bridgehead atoms. The summed E-state index contributed by atoms with van der Waals surface area (Å²) >= 11 is 0. The standard InChI is InChI=1S/C11H16F3N3O/c1-5-15-10(18)8-7(4)17(6(2)3)16-9(8)11(12,13)14/h6H,5H2,1-4H3,(H,15,18). The largest absolute Gasteiger partial charge is 0.435 e. The van der Waals surface area contributed by atoms with Gasteiger partial charge in [-0.2, -0.15) is 18.3 Å². The Balaban J connectivity index is 3.41. The molecule has 4 nitrogen and oxygen atoms in total. The van der Waals surface area contributed by atoms with E-state index in [1.807, 2.05) is 0 Å². The van der Waals surface area contributed by atoms with Crippen molar-refractivity contribution < 1.29 is 18.0 Å². The third-order valence-corrected chi connectivity index (χ3v) is 2.47. The molecule has 1 rings (SSSR count). The SMILES string of the molecule is CCNC(=O)c1c(C(F)(F)F)nn(C(C)C)c1C. The summed E-state index contributed by atoms with van der Waals surface area (Å²) in [5.41, 5.74) is -1.29. The van der Waals surface area contributed by atoms with Crippen molar-refractivity contribution >= 4 is 5.91 Å². The van der Waals surface area contributed by atoms with E-state index in [-0.39, 0.29) is 18.3 Å². The first-order valence-corrected chi connectivity index (χ1v) is 5.64. The van der Waals surface area contributed by atoms with Crippen LogP contribution >= 0.6 is 0 Å². The highest BCUT2D eigenvalue weighted by Gasteiger charge is 2.40. The molecular weight excluding hydrogens is 247 g/mol. The van der Waals surface area contributed by atoms with Gasteiger partial charge in [0.2, 0.25) is 0 Å². The molecule has 0 fully saturated rings. The van der Waals surface area contributed by atoms with Crippen LogP contribution in [0.25, 0.3) is 0 Å². The summed E-state index contributed by atoms with van der Waals surface area (Å²) in [5, 5.41) is 5.89. The van der Waals surface area contributed by atoms with Gasteiger partial charge in [0.15, 0.2) is 5.69 Å². The molecular formula is C11H16F3N3O. The van der Waals surface area contributed by atoms with Crippen LogP contribution < -0.4 is 5.32 Å². The van der Waals surface area contributed by atoms with Gasteiger partial charge in [0, 0.05) is 18.3 Å². The molecule has 1 aromatic rings. The van der Waals surface area contributed by atoms with Gasteiger partial charge < -0.3 is 5.32 Å². The van der Waals surface area contributed by atoms with Gasteiger partial charge in [-0.05, 0) is 27.7 Å². The normalized spacial score (nSPS) is 12.0. The Bertz CT molecular complexity index is 449. The molecule has 0 radical (unpaired) electrons. The van der Waals surface area contributed by atoms with Crippen LogP contribution in [0.1, 0.15) is 48.6 Å². The molecule has 0 spiro atoms. The lowest BCUT2D eigenvalue weighted by atomic mass is 10.1. The predicted octanol–water partition coefficient (Wildman–Crippen LogP) is 2.54. The smallest absolute Gasteiger partial charge is 0.352 e. The van der Waals surface area contributed by atoms with Gasteiger partial charge in [0.25, 0.3) is 5.91 Å². The van der Waals surface area contributed by atoms with E-state index < -0.39 is 23.3 Å². The lowest BCUT2D eigenvalue weighted by molar-refractivity contribution is -0.141. The molecule has 0 saturated carbocycles. The second kappa shape index (κ2) is 4.99. The summed E-state index contributed by atoms with van der Waals surface area (Å²) in [6, 6.07) is -0.241. The number of aromatic nitrogens is 2. The molecule has 0 aromatic carbocycles. The minimum absolute atomic E-state index is 0.225. The molecule has 0 unspecified atom stereocenters. The highest BCUT2D eigenvalue weighted by molar-refractivity contribution is 5.96. The van der Waals surface area contributed by atoms with Crippen LogP contribution in [0.2, 0.25) is 0 Å². The van der Waals surface area contributed by atoms with Gasteiger partial charge in [0.05, 0.1) is 5.56 Å². The number of rotatable bonds is 3. The van der Waals surface area contributed by atoms with Crippen molar-refractivity contribution in [2.75, 3.05) is 6.54 Å². The monoisotopic (exact) mass is 263 g/mol. The third-order valence-electron chi connectivity index (χ3n) is 2.47. The zero-order chi connectivity index (χ0) is 14.1. The fourth-order valence-corrected chi connectivity index (χ4v) is 1.74. The molecule has 0 saturated heterocycles. The van der Waals surface area contributed by atoms with Crippen molar-refractivity contribution in [3.63, 3.8) is 0 Å². The third kappa shape index (κ3) is 2.65. The van der Waals surface area contributed by atoms with Gasteiger partial charge in [-0.15, -0.1) is 0 Å². The van der Waals surface area contributed by atoms with Gasteiger partial charge in [-0.3, -0.25) is 9.48 Å². The van der Waals surface area contributed by atoms with Crippen molar-refractivity contribution in [3.05, 3.63) is 17.0 Å². The van der Waals surface area contributed by atoms with Crippen LogP contribution in [0, 0.1) is 6.92 Å². The number of nitrogens with one attached hydrogen (secondary N) is 1. The minimum atomic E-state index is -4.63. The first-order chi connectivity index (χ1) is 8.20. The fraction of sp³-hybridized carbons (Fsp3) is 0.636. The number of alkyl halides is 3. The molecule has 0 aliphatic carbocycles. The highest BCUT2D eigenvalue weighted by Crippen LogP contribution is 2.33. The lowest BCUT2D eigenvalue weighted by Crippen LogP contribution is -2.26. The first-order valence-electron chi connectivity index (χ1n) is 5.64. The van der Waals surface area contributed by atoms with Gasteiger partial charge >= 0.3 is 6.18 Å². The molecule has 1 amide bonds. The average molecular weight is 263 g/mol. The Hall–Kier alpha value is -1.53. The zero-order valence-electron chi connectivity index (χ0n) is 10.7. The number of hydrogen-bond donors (Lipinski definition) is 1. The summed E-state index contributed by atoms with van der Waals surface area (Å²) in [4.78, 5) is 11.7. The van der Waals surface area contributed by atoms with E-state index in [1.54, 1.807) is 20.8 Å². The number of nitrogens with zero attached hydrogens (tertiary/aromatic N) is 2. The lowest BCUT2D eigenvalue weighted by Gasteiger charge is -2.08. The maximum absolute atomic E-state index is 12.8. The summed E-state index contributed by atoms with van der Waals surface area (Å²) in [6.45, 7) is 6.80. The molecule has 0 aliphatic rings. The van der Waals surface area contributed by atoms with Crippen molar-refractivity contribution in [2.24, 2.45) is 0 Å². The quantitative estimate of drug-likeness (QED) is 0.911. The number of carbonyl (C=O) groups is 1. The molecule has 0 aliphatic heterocycles. The fourth-order valence-electron chi connectivity index (χ4n) is 1.74. The summed E-state index contributed by atoms with van der Waals surface area (Å²) in [7, 11) is 0. The maximum atomic E-state index is 12.8. The van der Waals surface area contributed by atoms with E-state index >= 15 is 0 Å².